The van der Waals surface area contributed by atoms with Gasteiger partial charge in [-0.2, -0.15) is 0 Å². The van der Waals surface area contributed by atoms with Gasteiger partial charge in [-0.05, 0) is 46.6 Å². The number of carbonyl (C=O) groups is 1. The van der Waals surface area contributed by atoms with Crippen LogP contribution in [0.5, 0.6) is 0 Å². The maximum Gasteiger partial charge on any atom is 0.305 e. The molecule has 0 saturated carbocycles. The third-order valence-corrected chi connectivity index (χ3v) is 4.55. The van der Waals surface area contributed by atoms with Gasteiger partial charge in [-0.1, -0.05) is 6.08 Å². The molecular formula is C19H30N2O5. The van der Waals surface area contributed by atoms with E-state index in [9.17, 15) is 9.90 Å². The number of ether oxygens (including phenoxy) is 3. The fourth-order valence-corrected chi connectivity index (χ4v) is 3.25. The predicted molar refractivity (Wildman–Crippen MR) is 97.3 cm³/mol. The van der Waals surface area contributed by atoms with Gasteiger partial charge in [-0.3, -0.25) is 4.79 Å². The minimum atomic E-state index is -0.682. The van der Waals surface area contributed by atoms with Crippen molar-refractivity contribution in [1.29, 1.82) is 0 Å². The van der Waals surface area contributed by atoms with E-state index in [1.807, 2.05) is 44.5 Å². The number of nitrogens with zero attached hydrogens (tertiary/aromatic N) is 2. The van der Waals surface area contributed by atoms with E-state index in [2.05, 4.69) is 9.72 Å². The van der Waals surface area contributed by atoms with Gasteiger partial charge in [0.2, 0.25) is 0 Å². The molecule has 7 nitrogen and oxygen atoms in total. The Balaban J connectivity index is 2.11. The van der Waals surface area contributed by atoms with Gasteiger partial charge in [0.15, 0.2) is 5.79 Å². The van der Waals surface area contributed by atoms with E-state index in [4.69, 9.17) is 9.47 Å². The Kier molecular flexibility index (Phi) is 6.60. The van der Waals surface area contributed by atoms with Gasteiger partial charge in [0.25, 0.3) is 0 Å². The highest BCUT2D eigenvalue weighted by molar-refractivity contribution is 5.69. The van der Waals surface area contributed by atoms with Gasteiger partial charge >= 0.3 is 5.97 Å². The summed E-state index contributed by atoms with van der Waals surface area (Å²) in [5, 5.41) is 10.0. The quantitative estimate of drug-likeness (QED) is 0.747. The smallest absolute Gasteiger partial charge is 0.305 e. The van der Waals surface area contributed by atoms with Crippen molar-refractivity contribution in [2.75, 3.05) is 7.11 Å². The molecule has 3 atom stereocenters. The van der Waals surface area contributed by atoms with Crippen LogP contribution in [0.4, 0.5) is 0 Å². The maximum atomic E-state index is 11.3. The van der Waals surface area contributed by atoms with Crippen molar-refractivity contribution >= 4 is 12.0 Å². The summed E-state index contributed by atoms with van der Waals surface area (Å²) < 4.78 is 18.5. The molecule has 2 heterocycles. The Labute approximate surface area is 155 Å². The zero-order chi connectivity index (χ0) is 19.5. The van der Waals surface area contributed by atoms with Crippen molar-refractivity contribution in [3.63, 3.8) is 0 Å². The molecule has 26 heavy (non-hydrogen) atoms. The fourth-order valence-electron chi connectivity index (χ4n) is 3.25. The molecule has 1 saturated heterocycles. The number of aliphatic hydroxyl groups is 1. The summed E-state index contributed by atoms with van der Waals surface area (Å²) in [5.41, 5.74) is 1.49. The second kappa shape index (κ2) is 8.33. The summed E-state index contributed by atoms with van der Waals surface area (Å²) in [6.07, 6.45) is 4.51. The molecule has 146 valence electrons. The van der Waals surface area contributed by atoms with Gasteiger partial charge in [-0.15, -0.1) is 0 Å². The van der Waals surface area contributed by atoms with Crippen molar-refractivity contribution in [3.05, 3.63) is 23.3 Å². The average Bonchev–Trinajstić information content (AvgIpc) is 3.00. The lowest BCUT2D eigenvalue weighted by Crippen LogP contribution is -2.21. The van der Waals surface area contributed by atoms with E-state index in [1.165, 1.54) is 7.11 Å². The summed E-state index contributed by atoms with van der Waals surface area (Å²) in [6, 6.07) is 0. The summed E-state index contributed by atoms with van der Waals surface area (Å²) in [6.45, 7) is 7.37. The molecule has 0 aromatic carbocycles. The van der Waals surface area contributed by atoms with Crippen LogP contribution in [-0.2, 0) is 26.1 Å². The Bertz CT molecular complexity index is 663. The second-order valence-corrected chi connectivity index (χ2v) is 7.13. The zero-order valence-corrected chi connectivity index (χ0v) is 16.5. The highest BCUT2D eigenvalue weighted by atomic mass is 16.7. The number of hydrogen-bond donors (Lipinski definition) is 1. The number of imidazole rings is 1. The van der Waals surface area contributed by atoms with Gasteiger partial charge in [-0.25, -0.2) is 4.98 Å². The monoisotopic (exact) mass is 366 g/mol. The standard InChI is InChI=1S/C19H30N2O5/c1-12(22)18-14(20-13(2)21(18)5)10-11-16-15(25-19(3,4)26-16)8-7-9-17(23)24-6/h10-12,15-16,22H,7-9H2,1-6H3/b11-10+. The van der Waals surface area contributed by atoms with E-state index in [-0.39, 0.29) is 18.2 Å². The molecule has 1 aromatic heterocycles. The van der Waals surface area contributed by atoms with Crippen LogP contribution in [0.15, 0.2) is 6.08 Å². The molecule has 0 amide bonds. The number of methoxy groups -OCH3 is 1. The second-order valence-electron chi connectivity index (χ2n) is 7.13. The molecule has 3 unspecified atom stereocenters. The topological polar surface area (TPSA) is 82.8 Å². The van der Waals surface area contributed by atoms with Crippen LogP contribution in [0.3, 0.4) is 0 Å². The van der Waals surface area contributed by atoms with Crippen LogP contribution in [0.2, 0.25) is 0 Å². The molecule has 1 fully saturated rings. The van der Waals surface area contributed by atoms with Crippen LogP contribution in [0.25, 0.3) is 6.08 Å². The van der Waals surface area contributed by atoms with Crippen LogP contribution >= 0.6 is 0 Å². The number of aryl methyl sites for hydroxylation is 1. The lowest BCUT2D eigenvalue weighted by molar-refractivity contribution is -0.144. The summed E-state index contributed by atoms with van der Waals surface area (Å²) in [4.78, 5) is 15.8. The molecule has 0 spiro atoms. The molecule has 0 aliphatic carbocycles. The summed E-state index contributed by atoms with van der Waals surface area (Å²) in [5.74, 6) is -0.0714. The van der Waals surface area contributed by atoms with E-state index >= 15 is 0 Å². The van der Waals surface area contributed by atoms with E-state index in [0.717, 1.165) is 17.2 Å². The van der Waals surface area contributed by atoms with Crippen LogP contribution in [0.1, 0.15) is 63.3 Å². The predicted octanol–water partition coefficient (Wildman–Crippen LogP) is 2.66. The summed E-state index contributed by atoms with van der Waals surface area (Å²) in [7, 11) is 3.27. The zero-order valence-electron chi connectivity index (χ0n) is 16.5. The number of rotatable bonds is 7. The lowest BCUT2D eigenvalue weighted by atomic mass is 10.1. The Morgan fingerprint density at radius 2 is 2.15 bits per heavy atom. The molecule has 7 heteroatoms. The molecule has 2 rings (SSSR count). The SMILES string of the molecule is COC(=O)CCCC1OC(C)(C)OC1/C=C/c1nc(C)n(C)c1C(C)O. The molecule has 1 N–H and O–H groups in total. The number of aliphatic hydroxyl groups excluding tert-OH is 1. The van der Waals surface area contributed by atoms with E-state index in [1.54, 1.807) is 6.92 Å². The third kappa shape index (κ3) is 4.93. The molecule has 0 bridgehead atoms. The molecular weight excluding hydrogens is 336 g/mol. The Morgan fingerprint density at radius 1 is 1.46 bits per heavy atom. The fraction of sp³-hybridized carbons (Fsp3) is 0.684. The van der Waals surface area contributed by atoms with Crippen LogP contribution in [-0.4, -0.2) is 45.7 Å². The van der Waals surface area contributed by atoms with Gasteiger partial charge in [0.05, 0.1) is 30.7 Å². The highest BCUT2D eigenvalue weighted by Gasteiger charge is 2.39. The first-order valence-electron chi connectivity index (χ1n) is 8.96. The normalized spacial score (nSPS) is 23.5. The summed E-state index contributed by atoms with van der Waals surface area (Å²) >= 11 is 0. The van der Waals surface area contributed by atoms with Crippen LogP contribution < -0.4 is 0 Å². The van der Waals surface area contributed by atoms with Crippen LogP contribution in [0, 0.1) is 6.92 Å². The number of esters is 1. The number of hydrogen-bond acceptors (Lipinski definition) is 6. The molecule has 0 radical (unpaired) electrons. The third-order valence-electron chi connectivity index (χ3n) is 4.55. The number of carbonyl (C=O) groups excluding carboxylic acids is 1. The van der Waals surface area contributed by atoms with Crippen molar-refractivity contribution in [2.45, 2.75) is 71.1 Å². The van der Waals surface area contributed by atoms with Gasteiger partial charge in [0, 0.05) is 13.5 Å². The van der Waals surface area contributed by atoms with E-state index < -0.39 is 11.9 Å². The molecule has 1 aliphatic heterocycles. The average molecular weight is 366 g/mol. The largest absolute Gasteiger partial charge is 0.469 e. The van der Waals surface area contributed by atoms with Crippen molar-refractivity contribution in [1.82, 2.24) is 9.55 Å². The van der Waals surface area contributed by atoms with Gasteiger partial charge in [0.1, 0.15) is 11.9 Å². The Hall–Kier alpha value is -1.70. The lowest BCUT2D eigenvalue weighted by Gasteiger charge is -2.16. The highest BCUT2D eigenvalue weighted by Crippen LogP contribution is 2.32. The number of aromatic nitrogens is 2. The van der Waals surface area contributed by atoms with Crippen molar-refractivity contribution in [3.8, 4) is 0 Å². The first kappa shape index (κ1) is 20.6. The Morgan fingerprint density at radius 3 is 2.77 bits per heavy atom. The molecule has 1 aliphatic rings. The van der Waals surface area contributed by atoms with Gasteiger partial charge < -0.3 is 23.9 Å². The minimum absolute atomic E-state index is 0.147. The first-order valence-corrected chi connectivity index (χ1v) is 8.96. The van der Waals surface area contributed by atoms with E-state index in [0.29, 0.717) is 19.3 Å². The molecule has 1 aromatic rings. The maximum absolute atomic E-state index is 11.3. The van der Waals surface area contributed by atoms with Crippen molar-refractivity contribution in [2.24, 2.45) is 7.05 Å². The van der Waals surface area contributed by atoms with Crippen molar-refractivity contribution < 1.29 is 24.1 Å². The minimum Gasteiger partial charge on any atom is -0.469 e. The first-order chi connectivity index (χ1) is 12.1.